The summed E-state index contributed by atoms with van der Waals surface area (Å²) in [6.45, 7) is 0.378. The van der Waals surface area contributed by atoms with Crippen molar-refractivity contribution >= 4 is 37.6 Å². The molecular weight excluding hydrogens is 403 g/mol. The highest BCUT2D eigenvalue weighted by Crippen LogP contribution is 2.21. The molecule has 2 rings (SSSR count). The molecule has 110 valence electrons. The van der Waals surface area contributed by atoms with Crippen LogP contribution in [0.1, 0.15) is 23.2 Å². The minimum Gasteiger partial charge on any atom is -0.493 e. The van der Waals surface area contributed by atoms with E-state index in [1.165, 1.54) is 6.07 Å². The van der Waals surface area contributed by atoms with Crippen LogP contribution < -0.4 is 4.74 Å². The summed E-state index contributed by atoms with van der Waals surface area (Å²) in [4.78, 5) is 11.9. The number of hydrogen-bond donors (Lipinski definition) is 0. The molecule has 21 heavy (non-hydrogen) atoms. The van der Waals surface area contributed by atoms with E-state index in [0.29, 0.717) is 35.2 Å². The van der Waals surface area contributed by atoms with Crippen molar-refractivity contribution in [1.82, 2.24) is 0 Å². The van der Waals surface area contributed by atoms with E-state index in [-0.39, 0.29) is 11.6 Å². The Kier molecular flexibility index (Phi) is 5.94. The lowest BCUT2D eigenvalue weighted by Crippen LogP contribution is -2.04. The number of ether oxygens (including phenoxy) is 1. The quantitative estimate of drug-likeness (QED) is 0.466. The van der Waals surface area contributed by atoms with Crippen LogP contribution in [-0.2, 0) is 0 Å². The molecule has 0 aliphatic rings. The molecule has 0 aliphatic heterocycles. The molecule has 0 atom stereocenters. The van der Waals surface area contributed by atoms with E-state index in [4.69, 9.17) is 4.74 Å². The zero-order valence-corrected chi connectivity index (χ0v) is 14.3. The van der Waals surface area contributed by atoms with Gasteiger partial charge >= 0.3 is 0 Å². The molecule has 2 aromatic carbocycles. The fourth-order valence-electron chi connectivity index (χ4n) is 1.77. The van der Waals surface area contributed by atoms with Crippen molar-refractivity contribution in [2.75, 3.05) is 6.61 Å². The molecule has 0 fully saturated rings. The van der Waals surface area contributed by atoms with E-state index in [1.54, 1.807) is 24.3 Å². The van der Waals surface area contributed by atoms with Crippen molar-refractivity contribution in [2.24, 2.45) is 0 Å². The molecule has 0 N–H and O–H groups in total. The summed E-state index contributed by atoms with van der Waals surface area (Å²) in [6.07, 6.45) is 0.993. The van der Waals surface area contributed by atoms with Gasteiger partial charge in [-0.15, -0.1) is 0 Å². The number of hydrogen-bond acceptors (Lipinski definition) is 2. The van der Waals surface area contributed by atoms with Crippen molar-refractivity contribution in [3.8, 4) is 5.75 Å². The van der Waals surface area contributed by atoms with Gasteiger partial charge in [-0.2, -0.15) is 0 Å². The molecule has 5 heteroatoms. The van der Waals surface area contributed by atoms with Gasteiger partial charge in [0.15, 0.2) is 5.78 Å². The van der Waals surface area contributed by atoms with E-state index >= 15 is 0 Å². The zero-order valence-electron chi connectivity index (χ0n) is 11.1. The summed E-state index contributed by atoms with van der Waals surface area (Å²) in [5.74, 6) is 0.179. The summed E-state index contributed by atoms with van der Waals surface area (Å²) in [7, 11) is 0. The fraction of sp³-hybridized carbons (Fsp3) is 0.188. The van der Waals surface area contributed by atoms with Gasteiger partial charge in [0.1, 0.15) is 11.6 Å². The van der Waals surface area contributed by atoms with Crippen LogP contribution >= 0.6 is 31.9 Å². The van der Waals surface area contributed by atoms with Crippen LogP contribution in [0.3, 0.4) is 0 Å². The lowest BCUT2D eigenvalue weighted by atomic mass is 10.1. The first kappa shape index (κ1) is 16.2. The van der Waals surface area contributed by atoms with Gasteiger partial charge in [0.2, 0.25) is 0 Å². The molecular formula is C16H13Br2FO2. The Morgan fingerprint density at radius 2 is 1.81 bits per heavy atom. The number of Topliss-reactive ketones (excluding diaryl/α,β-unsaturated/α-hetero) is 1. The van der Waals surface area contributed by atoms with E-state index in [0.717, 1.165) is 4.47 Å². The van der Waals surface area contributed by atoms with Crippen LogP contribution in [0.15, 0.2) is 51.4 Å². The van der Waals surface area contributed by atoms with Crippen molar-refractivity contribution in [1.29, 1.82) is 0 Å². The monoisotopic (exact) mass is 414 g/mol. The van der Waals surface area contributed by atoms with Gasteiger partial charge in [-0.1, -0.05) is 28.1 Å². The first-order valence-electron chi connectivity index (χ1n) is 6.43. The zero-order chi connectivity index (χ0) is 15.2. The van der Waals surface area contributed by atoms with E-state index in [9.17, 15) is 9.18 Å². The largest absolute Gasteiger partial charge is 0.493 e. The second kappa shape index (κ2) is 7.71. The Balaban J connectivity index is 1.77. The van der Waals surface area contributed by atoms with Crippen LogP contribution in [0, 0.1) is 5.82 Å². The van der Waals surface area contributed by atoms with Crippen LogP contribution in [0.5, 0.6) is 5.75 Å². The van der Waals surface area contributed by atoms with E-state index in [1.807, 2.05) is 12.1 Å². The molecule has 0 unspecified atom stereocenters. The number of carbonyl (C=O) groups is 1. The van der Waals surface area contributed by atoms with Gasteiger partial charge in [0.25, 0.3) is 0 Å². The van der Waals surface area contributed by atoms with Crippen molar-refractivity contribution < 1.29 is 13.9 Å². The second-order valence-electron chi connectivity index (χ2n) is 4.46. The highest BCUT2D eigenvalue weighted by atomic mass is 79.9. The highest BCUT2D eigenvalue weighted by molar-refractivity contribution is 9.10. The average molecular weight is 416 g/mol. The SMILES string of the molecule is O=C(CCCOc1ccc(Br)c(F)c1)c1ccc(Br)cc1. The summed E-state index contributed by atoms with van der Waals surface area (Å²) < 4.78 is 20.1. The summed E-state index contributed by atoms with van der Waals surface area (Å²) >= 11 is 6.41. The van der Waals surface area contributed by atoms with E-state index in [2.05, 4.69) is 31.9 Å². The van der Waals surface area contributed by atoms with Crippen molar-refractivity contribution in [3.05, 3.63) is 62.8 Å². The number of ketones is 1. The highest BCUT2D eigenvalue weighted by Gasteiger charge is 2.06. The minimum absolute atomic E-state index is 0.0769. The Labute approximate surface area is 139 Å². The summed E-state index contributed by atoms with van der Waals surface area (Å²) in [6, 6.07) is 11.9. The molecule has 0 radical (unpaired) electrons. The van der Waals surface area contributed by atoms with Gasteiger partial charge in [-0.05, 0) is 46.6 Å². The van der Waals surface area contributed by atoms with E-state index < -0.39 is 0 Å². The molecule has 0 bridgehead atoms. The summed E-state index contributed by atoms with van der Waals surface area (Å²) in [5.41, 5.74) is 0.688. The van der Waals surface area contributed by atoms with Gasteiger partial charge in [0.05, 0.1) is 11.1 Å². The molecule has 0 amide bonds. The van der Waals surface area contributed by atoms with Crippen molar-refractivity contribution in [3.63, 3.8) is 0 Å². The number of halogens is 3. The Morgan fingerprint density at radius 1 is 1.10 bits per heavy atom. The Bertz CT molecular complexity index is 627. The number of benzene rings is 2. The normalized spacial score (nSPS) is 10.4. The Hall–Kier alpha value is -1.20. The maximum absolute atomic E-state index is 13.3. The summed E-state index contributed by atoms with van der Waals surface area (Å²) in [5, 5.41) is 0. The third kappa shape index (κ3) is 4.93. The van der Waals surface area contributed by atoms with Gasteiger partial charge < -0.3 is 4.74 Å². The third-order valence-corrected chi connectivity index (χ3v) is 4.05. The predicted octanol–water partition coefficient (Wildman–Crippen LogP) is 5.39. The maximum Gasteiger partial charge on any atom is 0.163 e. The van der Waals surface area contributed by atoms with Gasteiger partial charge in [-0.3, -0.25) is 4.79 Å². The number of carbonyl (C=O) groups excluding carboxylic acids is 1. The average Bonchev–Trinajstić information content (AvgIpc) is 2.47. The minimum atomic E-state index is -0.363. The van der Waals surface area contributed by atoms with Crippen molar-refractivity contribution in [2.45, 2.75) is 12.8 Å². The molecule has 0 heterocycles. The molecule has 0 aliphatic carbocycles. The standard InChI is InChI=1S/C16H13Br2FO2/c17-12-5-3-11(4-6-12)16(20)2-1-9-21-13-7-8-14(18)15(19)10-13/h3-8,10H,1-2,9H2. The first-order chi connectivity index (χ1) is 10.1. The molecule has 0 saturated carbocycles. The molecule has 0 saturated heterocycles. The molecule has 2 aromatic rings. The lowest BCUT2D eigenvalue weighted by molar-refractivity contribution is 0.0973. The topological polar surface area (TPSA) is 26.3 Å². The molecule has 2 nitrogen and oxygen atoms in total. The Morgan fingerprint density at radius 3 is 2.48 bits per heavy atom. The van der Waals surface area contributed by atoms with Crippen LogP contribution in [0.4, 0.5) is 4.39 Å². The lowest BCUT2D eigenvalue weighted by Gasteiger charge is -2.06. The predicted molar refractivity (Wildman–Crippen MR) is 87.3 cm³/mol. The first-order valence-corrected chi connectivity index (χ1v) is 8.01. The molecule has 0 spiro atoms. The number of rotatable bonds is 6. The third-order valence-electron chi connectivity index (χ3n) is 2.87. The maximum atomic E-state index is 13.3. The smallest absolute Gasteiger partial charge is 0.163 e. The van der Waals surface area contributed by atoms with Gasteiger partial charge in [0, 0.05) is 22.5 Å². The van der Waals surface area contributed by atoms with Crippen LogP contribution in [0.25, 0.3) is 0 Å². The second-order valence-corrected chi connectivity index (χ2v) is 6.23. The van der Waals surface area contributed by atoms with Gasteiger partial charge in [-0.25, -0.2) is 4.39 Å². The fourth-order valence-corrected chi connectivity index (χ4v) is 2.28. The van der Waals surface area contributed by atoms with Crippen LogP contribution in [-0.4, -0.2) is 12.4 Å². The molecule has 0 aromatic heterocycles. The van der Waals surface area contributed by atoms with Crippen LogP contribution in [0.2, 0.25) is 0 Å².